The highest BCUT2D eigenvalue weighted by atomic mass is 15.1. The van der Waals surface area contributed by atoms with Crippen LogP contribution >= 0.6 is 0 Å². The standard InChI is InChI=1S/C16H24N4/c1-2-14(11-6-4-3-5-7-11)19-16-9-15-12(8-13(16)17)10-18-20-15/h8-11,14,19H,2-7,17H2,1H3,(H,18,20). The van der Waals surface area contributed by atoms with Crippen LogP contribution in [0.5, 0.6) is 0 Å². The Hall–Kier alpha value is -1.71. The summed E-state index contributed by atoms with van der Waals surface area (Å²) in [4.78, 5) is 0. The van der Waals surface area contributed by atoms with Gasteiger partial charge in [0.2, 0.25) is 0 Å². The summed E-state index contributed by atoms with van der Waals surface area (Å²) in [6.45, 7) is 2.26. The van der Waals surface area contributed by atoms with Crippen LogP contribution in [0.25, 0.3) is 10.9 Å². The minimum atomic E-state index is 0.526. The van der Waals surface area contributed by atoms with Crippen LogP contribution in [0.3, 0.4) is 0 Å². The van der Waals surface area contributed by atoms with Crippen molar-refractivity contribution in [3.8, 4) is 0 Å². The molecule has 1 fully saturated rings. The molecule has 1 aliphatic rings. The van der Waals surface area contributed by atoms with E-state index < -0.39 is 0 Å². The maximum absolute atomic E-state index is 6.17. The Morgan fingerprint density at radius 3 is 2.90 bits per heavy atom. The van der Waals surface area contributed by atoms with E-state index in [1.165, 1.54) is 32.1 Å². The number of aromatic amines is 1. The van der Waals surface area contributed by atoms with Crippen LogP contribution in [-0.4, -0.2) is 16.2 Å². The van der Waals surface area contributed by atoms with Crippen molar-refractivity contribution in [2.75, 3.05) is 11.1 Å². The number of nitrogen functional groups attached to an aromatic ring is 1. The second-order valence-electron chi connectivity index (χ2n) is 5.95. The lowest BCUT2D eigenvalue weighted by Crippen LogP contribution is -2.30. The van der Waals surface area contributed by atoms with E-state index in [1.54, 1.807) is 0 Å². The van der Waals surface area contributed by atoms with Gasteiger partial charge in [-0.15, -0.1) is 0 Å². The molecule has 4 heteroatoms. The van der Waals surface area contributed by atoms with Crippen molar-refractivity contribution in [2.24, 2.45) is 5.92 Å². The highest BCUT2D eigenvalue weighted by molar-refractivity contribution is 5.88. The van der Waals surface area contributed by atoms with Gasteiger partial charge in [0.1, 0.15) is 0 Å². The number of rotatable bonds is 4. The Balaban J connectivity index is 1.80. The van der Waals surface area contributed by atoms with Gasteiger partial charge < -0.3 is 11.1 Å². The number of hydrogen-bond acceptors (Lipinski definition) is 3. The predicted molar refractivity (Wildman–Crippen MR) is 84.8 cm³/mol. The summed E-state index contributed by atoms with van der Waals surface area (Å²) in [7, 11) is 0. The van der Waals surface area contributed by atoms with E-state index in [2.05, 4.69) is 28.5 Å². The third-order valence-electron chi connectivity index (χ3n) is 4.61. The number of benzene rings is 1. The molecule has 0 bridgehead atoms. The Bertz CT molecular complexity index is 569. The van der Waals surface area contributed by atoms with E-state index in [4.69, 9.17) is 5.73 Å². The molecular weight excluding hydrogens is 248 g/mol. The van der Waals surface area contributed by atoms with Gasteiger partial charge in [0.15, 0.2) is 0 Å². The molecule has 108 valence electrons. The molecule has 0 amide bonds. The molecular formula is C16H24N4. The molecule has 1 aromatic carbocycles. The van der Waals surface area contributed by atoms with E-state index >= 15 is 0 Å². The number of nitrogens with one attached hydrogen (secondary N) is 2. The van der Waals surface area contributed by atoms with Crippen molar-refractivity contribution in [3.05, 3.63) is 18.3 Å². The van der Waals surface area contributed by atoms with E-state index in [-0.39, 0.29) is 0 Å². The summed E-state index contributed by atoms with van der Waals surface area (Å²) in [6, 6.07) is 4.61. The molecule has 2 aromatic rings. The number of H-pyrrole nitrogens is 1. The number of nitrogens with zero attached hydrogens (tertiary/aromatic N) is 1. The normalized spacial score (nSPS) is 18.2. The van der Waals surface area contributed by atoms with E-state index in [0.29, 0.717) is 6.04 Å². The highest BCUT2D eigenvalue weighted by Gasteiger charge is 2.22. The lowest BCUT2D eigenvalue weighted by atomic mass is 9.83. The van der Waals surface area contributed by atoms with Crippen molar-refractivity contribution in [2.45, 2.75) is 51.5 Å². The molecule has 1 aromatic heterocycles. The first kappa shape index (κ1) is 13.3. The molecule has 1 unspecified atom stereocenters. The molecule has 0 aliphatic heterocycles. The van der Waals surface area contributed by atoms with Crippen molar-refractivity contribution in [1.82, 2.24) is 10.2 Å². The fourth-order valence-corrected chi connectivity index (χ4v) is 3.42. The number of fused-ring (bicyclic) bond motifs is 1. The number of nitrogens with two attached hydrogens (primary N) is 1. The van der Waals surface area contributed by atoms with Crippen LogP contribution in [0.4, 0.5) is 11.4 Å². The zero-order valence-corrected chi connectivity index (χ0v) is 12.2. The van der Waals surface area contributed by atoms with Crippen molar-refractivity contribution in [3.63, 3.8) is 0 Å². The lowest BCUT2D eigenvalue weighted by Gasteiger charge is -2.31. The molecule has 0 saturated heterocycles. The van der Waals surface area contributed by atoms with Gasteiger partial charge in [-0.05, 0) is 37.3 Å². The van der Waals surface area contributed by atoms with Crippen molar-refractivity contribution >= 4 is 22.3 Å². The van der Waals surface area contributed by atoms with Crippen LogP contribution < -0.4 is 11.1 Å². The van der Waals surface area contributed by atoms with Crippen LogP contribution in [0.1, 0.15) is 45.4 Å². The maximum Gasteiger partial charge on any atom is 0.0672 e. The predicted octanol–water partition coefficient (Wildman–Crippen LogP) is 3.92. The fraction of sp³-hybridized carbons (Fsp3) is 0.562. The zero-order valence-electron chi connectivity index (χ0n) is 12.2. The van der Waals surface area contributed by atoms with Crippen LogP contribution in [-0.2, 0) is 0 Å². The van der Waals surface area contributed by atoms with Gasteiger partial charge in [0.05, 0.1) is 23.1 Å². The fourth-order valence-electron chi connectivity index (χ4n) is 3.42. The van der Waals surface area contributed by atoms with E-state index in [0.717, 1.165) is 34.6 Å². The summed E-state index contributed by atoms with van der Waals surface area (Å²) in [5.74, 6) is 0.783. The first-order chi connectivity index (χ1) is 9.78. The molecule has 1 aliphatic carbocycles. The van der Waals surface area contributed by atoms with Crippen LogP contribution in [0, 0.1) is 5.92 Å². The van der Waals surface area contributed by atoms with Gasteiger partial charge in [-0.1, -0.05) is 26.2 Å². The van der Waals surface area contributed by atoms with Crippen molar-refractivity contribution in [1.29, 1.82) is 0 Å². The van der Waals surface area contributed by atoms with Gasteiger partial charge >= 0.3 is 0 Å². The highest BCUT2D eigenvalue weighted by Crippen LogP contribution is 2.32. The van der Waals surface area contributed by atoms with Gasteiger partial charge in [0.25, 0.3) is 0 Å². The Morgan fingerprint density at radius 1 is 1.35 bits per heavy atom. The maximum atomic E-state index is 6.17. The summed E-state index contributed by atoms with van der Waals surface area (Å²) in [6.07, 6.45) is 9.79. The van der Waals surface area contributed by atoms with E-state index in [9.17, 15) is 0 Å². The Kier molecular flexibility index (Phi) is 3.81. The zero-order chi connectivity index (χ0) is 13.9. The van der Waals surface area contributed by atoms with Gasteiger partial charge in [-0.3, -0.25) is 5.10 Å². The molecule has 4 N–H and O–H groups in total. The van der Waals surface area contributed by atoms with Gasteiger partial charge in [-0.25, -0.2) is 0 Å². The minimum absolute atomic E-state index is 0.526. The molecule has 3 rings (SSSR count). The second-order valence-corrected chi connectivity index (χ2v) is 5.95. The first-order valence-corrected chi connectivity index (χ1v) is 7.77. The summed E-state index contributed by atoms with van der Waals surface area (Å²) in [5.41, 5.74) is 9.07. The quantitative estimate of drug-likeness (QED) is 0.739. The molecule has 20 heavy (non-hydrogen) atoms. The van der Waals surface area contributed by atoms with Gasteiger partial charge in [0, 0.05) is 11.4 Å². The SMILES string of the molecule is CCC(Nc1cc2[nH]ncc2cc1N)C1CCCCC1. The first-order valence-electron chi connectivity index (χ1n) is 7.77. The summed E-state index contributed by atoms with van der Waals surface area (Å²) < 4.78 is 0. The van der Waals surface area contributed by atoms with Crippen LogP contribution in [0.2, 0.25) is 0 Å². The molecule has 4 nitrogen and oxygen atoms in total. The summed E-state index contributed by atoms with van der Waals surface area (Å²) >= 11 is 0. The molecule has 0 spiro atoms. The molecule has 1 atom stereocenters. The van der Waals surface area contributed by atoms with E-state index in [1.807, 2.05) is 12.3 Å². The Morgan fingerprint density at radius 2 is 2.15 bits per heavy atom. The molecule has 0 radical (unpaired) electrons. The average Bonchev–Trinajstić information content (AvgIpc) is 2.92. The Labute approximate surface area is 120 Å². The average molecular weight is 272 g/mol. The van der Waals surface area contributed by atoms with Crippen molar-refractivity contribution < 1.29 is 0 Å². The van der Waals surface area contributed by atoms with Crippen LogP contribution in [0.15, 0.2) is 18.3 Å². The van der Waals surface area contributed by atoms with Gasteiger partial charge in [-0.2, -0.15) is 5.10 Å². The largest absolute Gasteiger partial charge is 0.397 e. The minimum Gasteiger partial charge on any atom is -0.397 e. The topological polar surface area (TPSA) is 66.7 Å². The number of hydrogen-bond donors (Lipinski definition) is 3. The second kappa shape index (κ2) is 5.73. The molecule has 1 saturated carbocycles. The smallest absolute Gasteiger partial charge is 0.0672 e. The number of anilines is 2. The monoisotopic (exact) mass is 272 g/mol. The third-order valence-corrected chi connectivity index (χ3v) is 4.61. The summed E-state index contributed by atoms with van der Waals surface area (Å²) in [5, 5.41) is 11.8. The molecule has 1 heterocycles. The number of aromatic nitrogens is 2. The third kappa shape index (κ3) is 2.60. The lowest BCUT2D eigenvalue weighted by molar-refractivity contribution is 0.313.